The smallest absolute Gasteiger partial charge is 0.416 e. The number of ether oxygens (including phenoxy) is 2. The van der Waals surface area contributed by atoms with Gasteiger partial charge in [-0.2, -0.15) is 13.2 Å². The minimum absolute atomic E-state index is 0.00867. The predicted octanol–water partition coefficient (Wildman–Crippen LogP) is 4.23. The number of carbonyl (C=O) groups excluding carboxylic acids is 1. The maximum absolute atomic E-state index is 12.6. The summed E-state index contributed by atoms with van der Waals surface area (Å²) in [6.45, 7) is 2.67. The van der Waals surface area contributed by atoms with Crippen molar-refractivity contribution in [3.05, 3.63) is 59.7 Å². The van der Waals surface area contributed by atoms with Crippen molar-refractivity contribution in [3.8, 4) is 11.5 Å². The molecular formula is C20H22F3NO3. The van der Waals surface area contributed by atoms with Crippen molar-refractivity contribution in [3.63, 3.8) is 0 Å². The molecule has 1 N–H and O–H groups in total. The quantitative estimate of drug-likeness (QED) is 0.661. The molecule has 0 aliphatic heterocycles. The second kappa shape index (κ2) is 9.85. The van der Waals surface area contributed by atoms with E-state index in [4.69, 9.17) is 9.47 Å². The molecular weight excluding hydrogens is 359 g/mol. The van der Waals surface area contributed by atoms with Gasteiger partial charge in [-0.05, 0) is 55.7 Å². The summed E-state index contributed by atoms with van der Waals surface area (Å²) in [5.41, 5.74) is 0.323. The lowest BCUT2D eigenvalue weighted by Gasteiger charge is -2.10. The molecule has 7 heteroatoms. The monoisotopic (exact) mass is 381 g/mol. The second-order valence-corrected chi connectivity index (χ2v) is 5.84. The Morgan fingerprint density at radius 2 is 1.78 bits per heavy atom. The Hall–Kier alpha value is -2.70. The van der Waals surface area contributed by atoms with Crippen molar-refractivity contribution in [2.24, 2.45) is 0 Å². The number of rotatable bonds is 9. The standard InChI is InChI=1S/C20H22F3NO3/c1-2-26-17-10-8-15(9-11-17)5-4-12-24-19(25)14-27-18-7-3-6-16(13-18)20(21,22)23/h3,6-11,13H,2,4-5,12,14H2,1H3,(H,24,25). The predicted molar refractivity (Wildman–Crippen MR) is 95.9 cm³/mol. The highest BCUT2D eigenvalue weighted by molar-refractivity contribution is 5.77. The Morgan fingerprint density at radius 1 is 1.04 bits per heavy atom. The molecule has 0 fully saturated rings. The molecule has 0 unspecified atom stereocenters. The van der Waals surface area contributed by atoms with Crippen LogP contribution in [0.3, 0.4) is 0 Å². The summed E-state index contributed by atoms with van der Waals surface area (Å²) < 4.78 is 48.4. The van der Waals surface area contributed by atoms with Crippen molar-refractivity contribution in [1.29, 1.82) is 0 Å². The van der Waals surface area contributed by atoms with E-state index >= 15 is 0 Å². The van der Waals surface area contributed by atoms with E-state index in [2.05, 4.69) is 5.32 Å². The van der Waals surface area contributed by atoms with Crippen molar-refractivity contribution in [1.82, 2.24) is 5.32 Å². The highest BCUT2D eigenvalue weighted by Crippen LogP contribution is 2.31. The topological polar surface area (TPSA) is 47.6 Å². The molecule has 0 aromatic heterocycles. The lowest BCUT2D eigenvalue weighted by atomic mass is 10.1. The number of alkyl halides is 3. The number of aryl methyl sites for hydroxylation is 1. The van der Waals surface area contributed by atoms with Crippen molar-refractivity contribution < 1.29 is 27.4 Å². The summed E-state index contributed by atoms with van der Waals surface area (Å²) in [6.07, 6.45) is -2.91. The summed E-state index contributed by atoms with van der Waals surface area (Å²) in [7, 11) is 0. The van der Waals surface area contributed by atoms with Crippen LogP contribution in [0.4, 0.5) is 13.2 Å². The summed E-state index contributed by atoms with van der Waals surface area (Å²) in [4.78, 5) is 11.8. The van der Waals surface area contributed by atoms with Crippen molar-refractivity contribution >= 4 is 5.91 Å². The first-order valence-corrected chi connectivity index (χ1v) is 8.67. The SMILES string of the molecule is CCOc1ccc(CCCNC(=O)COc2cccc(C(F)(F)F)c2)cc1. The molecule has 146 valence electrons. The molecule has 0 saturated carbocycles. The molecule has 0 atom stereocenters. The van der Waals surface area contributed by atoms with Gasteiger partial charge in [0.05, 0.1) is 12.2 Å². The number of benzene rings is 2. The highest BCUT2D eigenvalue weighted by atomic mass is 19.4. The number of amides is 1. The first kappa shape index (κ1) is 20.6. The summed E-state index contributed by atoms with van der Waals surface area (Å²) in [5.74, 6) is 0.453. The average Bonchev–Trinajstić information content (AvgIpc) is 2.65. The lowest BCUT2D eigenvalue weighted by Crippen LogP contribution is -2.29. The minimum atomic E-state index is -4.44. The Bertz CT molecular complexity index is 730. The molecule has 0 heterocycles. The summed E-state index contributed by atoms with van der Waals surface area (Å²) in [6, 6.07) is 12.2. The van der Waals surface area contributed by atoms with Crippen LogP contribution in [0.15, 0.2) is 48.5 Å². The van der Waals surface area contributed by atoms with E-state index in [0.717, 1.165) is 36.3 Å². The number of halogens is 3. The molecule has 2 aromatic carbocycles. The van der Waals surface area contributed by atoms with Crippen LogP contribution in [-0.4, -0.2) is 25.7 Å². The number of hydrogen-bond donors (Lipinski definition) is 1. The minimum Gasteiger partial charge on any atom is -0.494 e. The molecule has 0 aliphatic rings. The molecule has 27 heavy (non-hydrogen) atoms. The number of carbonyl (C=O) groups is 1. The van der Waals surface area contributed by atoms with Crippen LogP contribution in [-0.2, 0) is 17.4 Å². The number of nitrogens with one attached hydrogen (secondary N) is 1. The van der Waals surface area contributed by atoms with Crippen LogP contribution < -0.4 is 14.8 Å². The van der Waals surface area contributed by atoms with Crippen molar-refractivity contribution in [2.75, 3.05) is 19.8 Å². The molecule has 4 nitrogen and oxygen atoms in total. The first-order valence-electron chi connectivity index (χ1n) is 8.67. The molecule has 2 aromatic rings. The van der Waals surface area contributed by atoms with Gasteiger partial charge in [0.15, 0.2) is 6.61 Å². The fraction of sp³-hybridized carbons (Fsp3) is 0.350. The third-order valence-electron chi connectivity index (χ3n) is 3.73. The van der Waals surface area contributed by atoms with E-state index in [0.29, 0.717) is 13.2 Å². The van der Waals surface area contributed by atoms with Gasteiger partial charge in [0.25, 0.3) is 5.91 Å². The van der Waals surface area contributed by atoms with E-state index in [1.54, 1.807) is 0 Å². The Balaban J connectivity index is 1.68. The van der Waals surface area contributed by atoms with E-state index < -0.39 is 11.7 Å². The molecule has 2 rings (SSSR count). The van der Waals surface area contributed by atoms with E-state index in [1.165, 1.54) is 12.1 Å². The van der Waals surface area contributed by atoms with Gasteiger partial charge in [-0.15, -0.1) is 0 Å². The first-order chi connectivity index (χ1) is 12.9. The van der Waals surface area contributed by atoms with Crippen LogP contribution in [0.2, 0.25) is 0 Å². The van der Waals surface area contributed by atoms with Crippen LogP contribution in [0.25, 0.3) is 0 Å². The zero-order valence-corrected chi connectivity index (χ0v) is 15.0. The zero-order chi connectivity index (χ0) is 19.7. The van der Waals surface area contributed by atoms with Crippen LogP contribution in [0.5, 0.6) is 11.5 Å². The maximum atomic E-state index is 12.6. The fourth-order valence-corrected chi connectivity index (χ4v) is 2.40. The Morgan fingerprint density at radius 3 is 2.44 bits per heavy atom. The molecule has 0 spiro atoms. The van der Waals surface area contributed by atoms with Gasteiger partial charge in [0.2, 0.25) is 0 Å². The van der Waals surface area contributed by atoms with Gasteiger partial charge < -0.3 is 14.8 Å². The summed E-state index contributed by atoms with van der Waals surface area (Å²) >= 11 is 0. The molecule has 1 amide bonds. The van der Waals surface area contributed by atoms with Crippen LogP contribution in [0.1, 0.15) is 24.5 Å². The van der Waals surface area contributed by atoms with Gasteiger partial charge in [-0.1, -0.05) is 18.2 Å². The molecule has 0 radical (unpaired) electrons. The average molecular weight is 381 g/mol. The second-order valence-electron chi connectivity index (χ2n) is 5.84. The largest absolute Gasteiger partial charge is 0.494 e. The third-order valence-corrected chi connectivity index (χ3v) is 3.73. The fourth-order valence-electron chi connectivity index (χ4n) is 2.40. The van der Waals surface area contributed by atoms with Crippen molar-refractivity contribution in [2.45, 2.75) is 25.9 Å². The van der Waals surface area contributed by atoms with Gasteiger partial charge in [-0.25, -0.2) is 0 Å². The van der Waals surface area contributed by atoms with Gasteiger partial charge in [0.1, 0.15) is 11.5 Å². The zero-order valence-electron chi connectivity index (χ0n) is 15.0. The normalized spacial score (nSPS) is 11.1. The molecule has 0 bridgehead atoms. The summed E-state index contributed by atoms with van der Waals surface area (Å²) in [5, 5.41) is 2.69. The van der Waals surface area contributed by atoms with Crippen LogP contribution >= 0.6 is 0 Å². The molecule has 0 saturated heterocycles. The van der Waals surface area contributed by atoms with E-state index in [9.17, 15) is 18.0 Å². The third kappa shape index (κ3) is 7.21. The lowest BCUT2D eigenvalue weighted by molar-refractivity contribution is -0.137. The maximum Gasteiger partial charge on any atom is 0.416 e. The van der Waals surface area contributed by atoms with E-state index in [-0.39, 0.29) is 18.3 Å². The highest BCUT2D eigenvalue weighted by Gasteiger charge is 2.30. The van der Waals surface area contributed by atoms with Gasteiger partial charge in [0, 0.05) is 6.54 Å². The van der Waals surface area contributed by atoms with Gasteiger partial charge >= 0.3 is 6.18 Å². The molecule has 0 aliphatic carbocycles. The van der Waals surface area contributed by atoms with E-state index in [1.807, 2.05) is 31.2 Å². The van der Waals surface area contributed by atoms with Crippen LogP contribution in [0, 0.1) is 0 Å². The Labute approximate surface area is 156 Å². The number of hydrogen-bond acceptors (Lipinski definition) is 3. The Kier molecular flexibility index (Phi) is 7.52. The van der Waals surface area contributed by atoms with Gasteiger partial charge in [-0.3, -0.25) is 4.79 Å².